The van der Waals surface area contributed by atoms with Gasteiger partial charge in [0.2, 0.25) is 5.60 Å². The molecule has 9 nitrogen and oxygen atoms in total. The van der Waals surface area contributed by atoms with Gasteiger partial charge in [0, 0.05) is 20.8 Å². The van der Waals surface area contributed by atoms with E-state index in [-0.39, 0.29) is 0 Å². The third-order valence-corrected chi connectivity index (χ3v) is 3.19. The SMILES string of the molecule is CC(=O)OC[C@H]1O[CH][C@@H](O)[C@@H](OC(C)=O)[C@@]1(OC(C)=O)C(C)=O. The van der Waals surface area contributed by atoms with Crippen LogP contribution in [0.3, 0.4) is 0 Å². The van der Waals surface area contributed by atoms with Crippen molar-refractivity contribution >= 4 is 23.7 Å². The maximum Gasteiger partial charge on any atom is 0.303 e. The molecule has 1 heterocycles. The van der Waals surface area contributed by atoms with E-state index in [0.717, 1.165) is 34.3 Å². The second kappa shape index (κ2) is 7.51. The number of carbonyl (C=O) groups is 4. The van der Waals surface area contributed by atoms with E-state index in [4.69, 9.17) is 18.9 Å². The number of ketones is 1. The first-order chi connectivity index (χ1) is 10.6. The van der Waals surface area contributed by atoms with Crippen molar-refractivity contribution < 1.29 is 43.2 Å². The Balaban J connectivity index is 3.31. The summed E-state index contributed by atoms with van der Waals surface area (Å²) in [6, 6.07) is 0. The highest BCUT2D eigenvalue weighted by Crippen LogP contribution is 2.35. The number of carbonyl (C=O) groups excluding carboxylic acids is 4. The van der Waals surface area contributed by atoms with Crippen molar-refractivity contribution in [1.82, 2.24) is 0 Å². The topological polar surface area (TPSA) is 125 Å². The van der Waals surface area contributed by atoms with E-state index in [1.807, 2.05) is 0 Å². The van der Waals surface area contributed by atoms with Crippen LogP contribution in [0.5, 0.6) is 0 Å². The maximum absolute atomic E-state index is 12.2. The molecule has 0 aromatic carbocycles. The molecule has 1 N–H and O–H groups in total. The molecular formula is C14H19O9. The van der Waals surface area contributed by atoms with Crippen molar-refractivity contribution in [3.63, 3.8) is 0 Å². The molecule has 1 aliphatic heterocycles. The predicted molar refractivity (Wildman–Crippen MR) is 72.5 cm³/mol. The first-order valence-corrected chi connectivity index (χ1v) is 6.79. The molecule has 0 aliphatic carbocycles. The Kier molecular flexibility index (Phi) is 6.22. The van der Waals surface area contributed by atoms with Crippen LogP contribution in [-0.2, 0) is 38.1 Å². The Morgan fingerprint density at radius 2 is 1.70 bits per heavy atom. The number of Topliss-reactive ketones (excluding diaryl/α,β-unsaturated/α-hetero) is 1. The monoisotopic (exact) mass is 331 g/mol. The molecule has 1 fully saturated rings. The Morgan fingerprint density at radius 1 is 1.09 bits per heavy atom. The fourth-order valence-electron chi connectivity index (χ4n) is 2.34. The van der Waals surface area contributed by atoms with Gasteiger partial charge in [-0.2, -0.15) is 0 Å². The fraction of sp³-hybridized carbons (Fsp3) is 0.643. The van der Waals surface area contributed by atoms with Crippen LogP contribution in [0, 0.1) is 6.61 Å². The molecule has 0 saturated carbocycles. The van der Waals surface area contributed by atoms with Gasteiger partial charge in [0.05, 0.1) is 0 Å². The van der Waals surface area contributed by atoms with Gasteiger partial charge in [-0.1, -0.05) is 0 Å². The summed E-state index contributed by atoms with van der Waals surface area (Å²) in [6.07, 6.45) is -4.33. The van der Waals surface area contributed by atoms with Gasteiger partial charge in [0.25, 0.3) is 0 Å². The standard InChI is InChI=1S/C14H19O9/c1-7(15)14(23-10(4)18)12(6-20-8(2)16)21-5-11(19)13(14)22-9(3)17/h5,11-13,19H,6H2,1-4H3/t11-,12-,13-,14-/m1/s1. The molecule has 0 amide bonds. The number of aliphatic hydroxyl groups is 1. The van der Waals surface area contributed by atoms with E-state index >= 15 is 0 Å². The molecule has 4 atom stereocenters. The van der Waals surface area contributed by atoms with E-state index in [1.165, 1.54) is 0 Å². The molecule has 0 spiro atoms. The van der Waals surface area contributed by atoms with E-state index in [0.29, 0.717) is 0 Å². The van der Waals surface area contributed by atoms with Crippen LogP contribution in [0.25, 0.3) is 0 Å². The molecule has 0 aromatic rings. The van der Waals surface area contributed by atoms with Crippen LogP contribution in [-0.4, -0.2) is 59.3 Å². The largest absolute Gasteiger partial charge is 0.463 e. The summed E-state index contributed by atoms with van der Waals surface area (Å²) in [6.45, 7) is 4.83. The molecular weight excluding hydrogens is 312 g/mol. The van der Waals surface area contributed by atoms with E-state index in [1.54, 1.807) is 0 Å². The van der Waals surface area contributed by atoms with Crippen LogP contribution in [0.4, 0.5) is 0 Å². The van der Waals surface area contributed by atoms with E-state index in [2.05, 4.69) is 0 Å². The normalized spacial score (nSPS) is 30.2. The maximum atomic E-state index is 12.2. The molecule has 0 aromatic heterocycles. The fourth-order valence-corrected chi connectivity index (χ4v) is 2.34. The first-order valence-electron chi connectivity index (χ1n) is 6.79. The number of aliphatic hydroxyl groups excluding tert-OH is 1. The van der Waals surface area contributed by atoms with Gasteiger partial charge < -0.3 is 24.1 Å². The molecule has 1 radical (unpaired) electrons. The summed E-state index contributed by atoms with van der Waals surface area (Å²) >= 11 is 0. The van der Waals surface area contributed by atoms with Crippen LogP contribution in [0.1, 0.15) is 27.7 Å². The molecule has 129 valence electrons. The lowest BCUT2D eigenvalue weighted by Crippen LogP contribution is -2.69. The van der Waals surface area contributed by atoms with Crippen LogP contribution in [0.15, 0.2) is 0 Å². The highest BCUT2D eigenvalue weighted by atomic mass is 16.6. The van der Waals surface area contributed by atoms with Crippen molar-refractivity contribution in [3.8, 4) is 0 Å². The van der Waals surface area contributed by atoms with Crippen LogP contribution in [0.2, 0.25) is 0 Å². The van der Waals surface area contributed by atoms with Gasteiger partial charge in [-0.25, -0.2) is 0 Å². The lowest BCUT2D eigenvalue weighted by atomic mass is 9.81. The predicted octanol–water partition coefficient (Wildman–Crippen LogP) is -0.706. The van der Waals surface area contributed by atoms with Gasteiger partial charge in [-0.15, -0.1) is 0 Å². The number of esters is 3. The van der Waals surface area contributed by atoms with Crippen molar-refractivity contribution in [2.24, 2.45) is 0 Å². The lowest BCUT2D eigenvalue weighted by molar-refractivity contribution is -0.244. The quantitative estimate of drug-likeness (QED) is 0.513. The van der Waals surface area contributed by atoms with Crippen LogP contribution >= 0.6 is 0 Å². The van der Waals surface area contributed by atoms with Gasteiger partial charge in [-0.3, -0.25) is 19.2 Å². The summed E-state index contributed by atoms with van der Waals surface area (Å²) in [5, 5.41) is 10.0. The highest BCUT2D eigenvalue weighted by molar-refractivity contribution is 5.90. The van der Waals surface area contributed by atoms with Gasteiger partial charge in [0.15, 0.2) is 11.9 Å². The second-order valence-electron chi connectivity index (χ2n) is 5.03. The number of rotatable bonds is 5. The summed E-state index contributed by atoms with van der Waals surface area (Å²) in [5.41, 5.74) is -2.14. The molecule has 0 bridgehead atoms. The zero-order chi connectivity index (χ0) is 17.8. The average molecular weight is 331 g/mol. The third-order valence-electron chi connectivity index (χ3n) is 3.19. The smallest absolute Gasteiger partial charge is 0.303 e. The third kappa shape index (κ3) is 4.26. The van der Waals surface area contributed by atoms with Gasteiger partial charge >= 0.3 is 17.9 Å². The Labute approximate surface area is 132 Å². The van der Waals surface area contributed by atoms with Crippen molar-refractivity contribution in [2.75, 3.05) is 6.61 Å². The minimum atomic E-state index is -2.14. The van der Waals surface area contributed by atoms with E-state index < -0.39 is 54.2 Å². The first kappa shape index (κ1) is 19.0. The number of hydrogen-bond donors (Lipinski definition) is 1. The Hall–Kier alpha value is -2.00. The average Bonchev–Trinajstić information content (AvgIpc) is 2.40. The van der Waals surface area contributed by atoms with Gasteiger partial charge in [0.1, 0.15) is 25.4 Å². The highest BCUT2D eigenvalue weighted by Gasteiger charge is 2.61. The zero-order valence-electron chi connectivity index (χ0n) is 13.2. The van der Waals surface area contributed by atoms with Crippen LogP contribution < -0.4 is 0 Å². The van der Waals surface area contributed by atoms with Gasteiger partial charge in [-0.05, 0) is 6.92 Å². The summed E-state index contributed by atoms with van der Waals surface area (Å²) in [7, 11) is 0. The minimum absolute atomic E-state index is 0.441. The number of hydrogen-bond acceptors (Lipinski definition) is 9. The molecule has 1 rings (SSSR count). The zero-order valence-corrected chi connectivity index (χ0v) is 13.2. The molecule has 0 unspecified atom stereocenters. The molecule has 23 heavy (non-hydrogen) atoms. The Morgan fingerprint density at radius 3 is 2.13 bits per heavy atom. The molecule has 1 saturated heterocycles. The number of ether oxygens (including phenoxy) is 4. The van der Waals surface area contributed by atoms with Crippen molar-refractivity contribution in [2.45, 2.75) is 51.6 Å². The van der Waals surface area contributed by atoms with E-state index in [9.17, 15) is 24.3 Å². The summed E-state index contributed by atoms with van der Waals surface area (Å²) in [4.78, 5) is 46.0. The summed E-state index contributed by atoms with van der Waals surface area (Å²) < 4.78 is 20.1. The minimum Gasteiger partial charge on any atom is -0.463 e. The summed E-state index contributed by atoms with van der Waals surface area (Å²) in [5.74, 6) is -3.04. The van der Waals surface area contributed by atoms with Crippen molar-refractivity contribution in [3.05, 3.63) is 6.61 Å². The molecule has 9 heteroatoms. The van der Waals surface area contributed by atoms with Crippen molar-refractivity contribution in [1.29, 1.82) is 0 Å². The molecule has 1 aliphatic rings. The Bertz CT molecular complexity index is 500. The lowest BCUT2D eigenvalue weighted by Gasteiger charge is -2.46. The second-order valence-corrected chi connectivity index (χ2v) is 5.03.